The molecule has 0 N–H and O–H groups in total. The van der Waals surface area contributed by atoms with Crippen LogP contribution in [0, 0.1) is 5.82 Å². The molecule has 8 heterocycles. The fourth-order valence-electron chi connectivity index (χ4n) is 14.1. The molecule has 10 aromatic carbocycles. The molecule has 9 heteroatoms. The van der Waals surface area contributed by atoms with Crippen molar-refractivity contribution in [1.82, 2.24) is 38.2 Å². The molecule has 0 aliphatic rings. The van der Waals surface area contributed by atoms with Crippen molar-refractivity contribution in [2.45, 2.75) is 0 Å². The van der Waals surface area contributed by atoms with E-state index in [2.05, 4.69) is 287 Å². The Labute approximate surface area is 509 Å². The van der Waals surface area contributed by atoms with Crippen LogP contribution in [-0.2, 0) is 0 Å². The number of hydrogen-bond donors (Lipinski definition) is 0. The van der Waals surface area contributed by atoms with Crippen LogP contribution in [0.5, 0.6) is 0 Å². The molecular formula is C80H49FN8. The first-order valence-corrected chi connectivity index (χ1v) is 29.8. The van der Waals surface area contributed by atoms with Crippen molar-refractivity contribution in [1.29, 1.82) is 0 Å². The molecule has 0 aliphatic heterocycles. The predicted molar refractivity (Wildman–Crippen MR) is 362 cm³/mol. The summed E-state index contributed by atoms with van der Waals surface area (Å²) in [4.78, 5) is 17.6. The number of pyridine rings is 4. The van der Waals surface area contributed by atoms with Crippen LogP contribution in [0.25, 0.3) is 166 Å². The third-order valence-electron chi connectivity index (χ3n) is 18.0. The van der Waals surface area contributed by atoms with Gasteiger partial charge in [0.25, 0.3) is 0 Å². The number of halogens is 1. The van der Waals surface area contributed by atoms with Gasteiger partial charge in [-0.15, -0.1) is 0 Å². The van der Waals surface area contributed by atoms with Gasteiger partial charge in [0.2, 0.25) is 0 Å². The van der Waals surface area contributed by atoms with Crippen molar-refractivity contribution in [3.63, 3.8) is 0 Å². The predicted octanol–water partition coefficient (Wildman–Crippen LogP) is 20.1. The lowest BCUT2D eigenvalue weighted by molar-refractivity contribution is 0.612. The summed E-state index contributed by atoms with van der Waals surface area (Å²) in [6, 6.07) is 87.7. The Morgan fingerprint density at radius 3 is 0.742 bits per heavy atom. The number of nitrogens with zero attached hydrogens (tertiary/aromatic N) is 8. The Balaban J connectivity index is 1.11. The summed E-state index contributed by atoms with van der Waals surface area (Å²) in [5.74, 6) is -0.402. The van der Waals surface area contributed by atoms with E-state index in [0.717, 1.165) is 143 Å². The van der Waals surface area contributed by atoms with Crippen molar-refractivity contribution in [2.75, 3.05) is 0 Å². The summed E-state index contributed by atoms with van der Waals surface area (Å²) in [7, 11) is 0. The van der Waals surface area contributed by atoms with Gasteiger partial charge < -0.3 is 18.3 Å². The molecule has 0 aliphatic carbocycles. The van der Waals surface area contributed by atoms with Crippen LogP contribution in [0.2, 0.25) is 0 Å². The number of rotatable bonds is 9. The molecule has 0 radical (unpaired) electrons. The zero-order valence-electron chi connectivity index (χ0n) is 47.7. The first kappa shape index (κ1) is 50.3. The van der Waals surface area contributed by atoms with E-state index < -0.39 is 5.82 Å². The van der Waals surface area contributed by atoms with Crippen LogP contribution in [0.15, 0.2) is 298 Å². The van der Waals surface area contributed by atoms with Crippen molar-refractivity contribution in [2.24, 2.45) is 0 Å². The van der Waals surface area contributed by atoms with Gasteiger partial charge >= 0.3 is 0 Å². The average molecular weight is 1140 g/mol. The maximum atomic E-state index is 21.6. The van der Waals surface area contributed by atoms with Gasteiger partial charge in [0, 0.05) is 98.2 Å². The molecule has 0 amide bonds. The fourth-order valence-corrected chi connectivity index (χ4v) is 14.1. The molecule has 0 saturated carbocycles. The van der Waals surface area contributed by atoms with Crippen LogP contribution in [-0.4, -0.2) is 38.2 Å². The second-order valence-electron chi connectivity index (χ2n) is 22.7. The highest BCUT2D eigenvalue weighted by Gasteiger charge is 2.35. The van der Waals surface area contributed by atoms with Crippen molar-refractivity contribution < 1.29 is 4.39 Å². The molecule has 18 rings (SSSR count). The Morgan fingerprint density at radius 1 is 0.202 bits per heavy atom. The summed E-state index contributed by atoms with van der Waals surface area (Å²) in [6.45, 7) is 0. The van der Waals surface area contributed by atoms with Crippen LogP contribution >= 0.6 is 0 Å². The lowest BCUT2D eigenvalue weighted by Crippen LogP contribution is -2.16. The van der Waals surface area contributed by atoms with Gasteiger partial charge in [-0.1, -0.05) is 127 Å². The van der Waals surface area contributed by atoms with E-state index in [9.17, 15) is 0 Å². The van der Waals surface area contributed by atoms with E-state index in [4.69, 9.17) is 0 Å². The van der Waals surface area contributed by atoms with Gasteiger partial charge in [0.05, 0.1) is 55.5 Å². The van der Waals surface area contributed by atoms with E-state index in [1.54, 1.807) is 0 Å². The maximum Gasteiger partial charge on any atom is 0.175 e. The highest BCUT2D eigenvalue weighted by atomic mass is 19.1. The average Bonchev–Trinajstić information content (AvgIpc) is 1.64. The Kier molecular flexibility index (Phi) is 11.3. The minimum atomic E-state index is -0.402. The van der Waals surface area contributed by atoms with Crippen LogP contribution < -0.4 is 0 Å². The lowest BCUT2D eigenvalue weighted by Gasteiger charge is -2.29. The first-order valence-electron chi connectivity index (χ1n) is 29.8. The summed E-state index contributed by atoms with van der Waals surface area (Å²) < 4.78 is 30.7. The molecule has 0 spiro atoms. The van der Waals surface area contributed by atoms with Crippen molar-refractivity contribution >= 4 is 87.2 Å². The number of benzene rings is 10. The Morgan fingerprint density at radius 2 is 0.449 bits per heavy atom. The topological polar surface area (TPSA) is 71.3 Å². The smallest absolute Gasteiger partial charge is 0.175 e. The Bertz CT molecular complexity index is 5210. The van der Waals surface area contributed by atoms with Gasteiger partial charge in [-0.2, -0.15) is 0 Å². The van der Waals surface area contributed by atoms with E-state index in [1.807, 2.05) is 49.6 Å². The van der Waals surface area contributed by atoms with Gasteiger partial charge in [-0.05, 0) is 171 Å². The minimum Gasteiger partial charge on any atom is -0.306 e. The van der Waals surface area contributed by atoms with Crippen LogP contribution in [0.4, 0.5) is 4.39 Å². The number of para-hydroxylation sites is 4. The SMILES string of the molecule is Fc1c(-n2c3ccccc3c3ccccc32)c(-n2c3ccc(-c4ccncc4)cc3c3cc(-c4ccncc4)ccc32)c(-c2ccccc2)c(-n2c3ccc(-c4ccncc4)cc3c3cc(-c4ccncc4)ccc32)c1-n1c2ccccc2c2ccccc21. The third-order valence-corrected chi connectivity index (χ3v) is 18.0. The van der Waals surface area contributed by atoms with Gasteiger partial charge in [0.1, 0.15) is 11.4 Å². The number of aromatic nitrogens is 8. The third kappa shape index (κ3) is 7.72. The summed E-state index contributed by atoms with van der Waals surface area (Å²) in [6.07, 6.45) is 14.7. The molecule has 0 fully saturated rings. The molecule has 8 nitrogen and oxygen atoms in total. The van der Waals surface area contributed by atoms with Gasteiger partial charge in [0.15, 0.2) is 5.82 Å². The molecule has 8 aromatic heterocycles. The second kappa shape index (κ2) is 20.0. The Hall–Kier alpha value is -12.1. The standard InChI is InChI=1S/C80H49FN8/c81-76-79(88-67-18-8-4-14-59(67)60-15-5-9-19-68(60)88)77(86-71-26-22-55(50-30-38-82-39-31-50)46-63(71)64-47-56(23-27-72(64)86)51-32-40-83-41-33-51)75(54-12-2-1-3-13-54)78(80(76)89-69-20-10-6-16-61(69)62-17-7-11-21-70(62)89)87-73-28-24-57(52-34-42-84-43-35-52)48-65(73)66-49-58(25-29-74(66)87)53-36-44-85-45-37-53/h1-49H. The highest BCUT2D eigenvalue weighted by molar-refractivity contribution is 6.18. The fraction of sp³-hybridized carbons (Fsp3) is 0. The van der Waals surface area contributed by atoms with E-state index in [-0.39, 0.29) is 0 Å². The molecule has 416 valence electrons. The first-order chi connectivity index (χ1) is 44.1. The summed E-state index contributed by atoms with van der Waals surface area (Å²) in [5.41, 5.74) is 19.3. The van der Waals surface area contributed by atoms with E-state index in [0.29, 0.717) is 22.7 Å². The van der Waals surface area contributed by atoms with Gasteiger partial charge in [-0.25, -0.2) is 4.39 Å². The van der Waals surface area contributed by atoms with Crippen molar-refractivity contribution in [3.05, 3.63) is 304 Å². The zero-order chi connectivity index (χ0) is 58.7. The number of fused-ring (bicyclic) bond motifs is 12. The molecule has 0 unspecified atom stereocenters. The molecule has 0 atom stereocenters. The highest BCUT2D eigenvalue weighted by Crippen LogP contribution is 2.52. The largest absolute Gasteiger partial charge is 0.306 e. The minimum absolute atomic E-state index is 0.401. The zero-order valence-corrected chi connectivity index (χ0v) is 47.7. The monoisotopic (exact) mass is 1140 g/mol. The van der Waals surface area contributed by atoms with E-state index >= 15 is 4.39 Å². The molecule has 0 saturated heterocycles. The molecule has 89 heavy (non-hydrogen) atoms. The van der Waals surface area contributed by atoms with Crippen LogP contribution in [0.1, 0.15) is 0 Å². The second-order valence-corrected chi connectivity index (χ2v) is 22.7. The quantitative estimate of drug-likeness (QED) is 0.144. The summed E-state index contributed by atoms with van der Waals surface area (Å²) in [5, 5.41) is 8.10. The normalized spacial score (nSPS) is 11.9. The lowest BCUT2D eigenvalue weighted by atomic mass is 9.96. The summed E-state index contributed by atoms with van der Waals surface area (Å²) >= 11 is 0. The molecule has 0 bridgehead atoms. The molecule has 18 aromatic rings. The molecular weight excluding hydrogens is 1090 g/mol. The number of hydrogen-bond acceptors (Lipinski definition) is 4. The maximum absolute atomic E-state index is 21.6. The van der Waals surface area contributed by atoms with Gasteiger partial charge in [-0.3, -0.25) is 19.9 Å². The van der Waals surface area contributed by atoms with E-state index in [1.165, 1.54) is 0 Å². The van der Waals surface area contributed by atoms with Crippen molar-refractivity contribution in [3.8, 4) is 78.4 Å². The van der Waals surface area contributed by atoms with Crippen LogP contribution in [0.3, 0.4) is 0 Å².